The number of rotatable bonds is 4. The zero-order valence-electron chi connectivity index (χ0n) is 24.7. The fourth-order valence-electron chi connectivity index (χ4n) is 5.95. The summed E-state index contributed by atoms with van der Waals surface area (Å²) in [6.45, 7) is 9.93. The van der Waals surface area contributed by atoms with Crippen molar-refractivity contribution in [1.29, 1.82) is 5.26 Å². The van der Waals surface area contributed by atoms with Gasteiger partial charge in [0.2, 0.25) is 5.91 Å². The third-order valence-corrected chi connectivity index (χ3v) is 8.08. The van der Waals surface area contributed by atoms with Crippen LogP contribution in [0.5, 0.6) is 0 Å². The van der Waals surface area contributed by atoms with E-state index in [1.165, 1.54) is 21.4 Å². The first-order valence-electron chi connectivity index (χ1n) is 14.5. The van der Waals surface area contributed by atoms with Crippen LogP contribution in [0.2, 0.25) is 0 Å². The lowest BCUT2D eigenvalue weighted by Gasteiger charge is -2.45. The van der Waals surface area contributed by atoms with Crippen molar-refractivity contribution < 1.29 is 9.18 Å². The molecule has 1 fully saturated rings. The maximum Gasteiger partial charge on any atom is 0.355 e. The molecule has 0 N–H and O–H groups in total. The highest BCUT2D eigenvalue weighted by molar-refractivity contribution is 5.90. The normalized spacial score (nSPS) is 18.7. The summed E-state index contributed by atoms with van der Waals surface area (Å²) in [5.41, 5.74) is 2.28. The van der Waals surface area contributed by atoms with Gasteiger partial charge in [-0.05, 0) is 43.0 Å². The summed E-state index contributed by atoms with van der Waals surface area (Å²) in [7, 11) is 0. The number of pyridine rings is 2. The Kier molecular flexibility index (Phi) is 7.50. The van der Waals surface area contributed by atoms with Crippen LogP contribution in [0.3, 0.4) is 0 Å². The van der Waals surface area contributed by atoms with Gasteiger partial charge in [-0.25, -0.2) is 18.7 Å². The number of amides is 1. The first kappa shape index (κ1) is 28.9. The number of carbonyl (C=O) groups is 1. The van der Waals surface area contributed by atoms with Crippen LogP contribution in [0.4, 0.5) is 10.2 Å². The van der Waals surface area contributed by atoms with Crippen LogP contribution in [0, 0.1) is 17.1 Å². The molecule has 6 heterocycles. The maximum absolute atomic E-state index is 16.0. The SMILES string of the molecule is C=CC(=O)N1CC(C)N(c2nc(=O)n3c4nc(c(F)cc24)-n2cc(nn2)C/C=C\Cc2ccnc(C(C)C)c2-3)CC1CC#N. The van der Waals surface area contributed by atoms with Crippen LogP contribution in [0.25, 0.3) is 22.5 Å². The molecule has 12 nitrogen and oxygen atoms in total. The van der Waals surface area contributed by atoms with Gasteiger partial charge in [0.25, 0.3) is 0 Å². The molecule has 2 aliphatic heterocycles. The highest BCUT2D eigenvalue weighted by Crippen LogP contribution is 2.33. The molecule has 0 aliphatic carbocycles. The summed E-state index contributed by atoms with van der Waals surface area (Å²) in [6, 6.07) is 4.51. The zero-order valence-corrected chi connectivity index (χ0v) is 24.7. The number of aromatic nitrogens is 7. The third-order valence-electron chi connectivity index (χ3n) is 8.08. The van der Waals surface area contributed by atoms with E-state index >= 15 is 4.39 Å². The van der Waals surface area contributed by atoms with E-state index in [0.29, 0.717) is 35.3 Å². The predicted octanol–water partition coefficient (Wildman–Crippen LogP) is 3.18. The van der Waals surface area contributed by atoms with E-state index in [-0.39, 0.29) is 54.7 Å². The van der Waals surface area contributed by atoms with Crippen LogP contribution in [-0.4, -0.2) is 70.5 Å². The summed E-state index contributed by atoms with van der Waals surface area (Å²) < 4.78 is 18.7. The molecule has 2 unspecified atom stereocenters. The average molecular weight is 595 g/mol. The highest BCUT2D eigenvalue weighted by Gasteiger charge is 2.36. The van der Waals surface area contributed by atoms with Crippen LogP contribution in [0.1, 0.15) is 50.1 Å². The van der Waals surface area contributed by atoms with Gasteiger partial charge in [0, 0.05) is 31.7 Å². The number of allylic oxidation sites excluding steroid dienone is 2. The lowest BCUT2D eigenvalue weighted by Crippen LogP contribution is -2.59. The molecule has 2 aliphatic rings. The number of carbonyl (C=O) groups excluding carboxylic acids is 1. The molecule has 4 aromatic heterocycles. The van der Waals surface area contributed by atoms with Crippen LogP contribution >= 0.6 is 0 Å². The third kappa shape index (κ3) is 4.92. The molecular weight excluding hydrogens is 563 g/mol. The van der Waals surface area contributed by atoms with Gasteiger partial charge >= 0.3 is 5.69 Å². The van der Waals surface area contributed by atoms with Gasteiger partial charge in [-0.3, -0.25) is 9.78 Å². The van der Waals surface area contributed by atoms with Gasteiger partial charge in [0.15, 0.2) is 17.3 Å². The summed E-state index contributed by atoms with van der Waals surface area (Å²) >= 11 is 0. The summed E-state index contributed by atoms with van der Waals surface area (Å²) in [5.74, 6) is -0.902. The molecule has 0 saturated carbocycles. The predicted molar refractivity (Wildman–Crippen MR) is 161 cm³/mol. The van der Waals surface area contributed by atoms with Gasteiger partial charge in [0.05, 0.1) is 47.2 Å². The van der Waals surface area contributed by atoms with Crippen molar-refractivity contribution >= 4 is 22.8 Å². The Bertz CT molecular complexity index is 1920. The maximum atomic E-state index is 16.0. The van der Waals surface area contributed by atoms with Crippen LogP contribution < -0.4 is 10.6 Å². The Morgan fingerprint density at radius 2 is 2.02 bits per heavy atom. The van der Waals surface area contributed by atoms with Crippen molar-refractivity contribution in [1.82, 2.24) is 39.4 Å². The van der Waals surface area contributed by atoms with Crippen molar-refractivity contribution in [2.24, 2.45) is 0 Å². The Morgan fingerprint density at radius 3 is 2.77 bits per heavy atom. The number of piperazine rings is 1. The minimum absolute atomic E-state index is 0.0501. The van der Waals surface area contributed by atoms with Crippen molar-refractivity contribution in [3.63, 3.8) is 0 Å². The Labute approximate surface area is 252 Å². The molecule has 44 heavy (non-hydrogen) atoms. The molecule has 0 aromatic carbocycles. The molecular formula is C31H31FN10O2. The number of fused-ring (bicyclic) bond motifs is 6. The molecule has 224 valence electrons. The van der Waals surface area contributed by atoms with E-state index in [1.54, 1.807) is 17.3 Å². The number of hydrogen-bond donors (Lipinski definition) is 0. The number of nitriles is 1. The molecule has 2 atom stereocenters. The van der Waals surface area contributed by atoms with Gasteiger partial charge in [-0.1, -0.05) is 37.8 Å². The summed E-state index contributed by atoms with van der Waals surface area (Å²) in [6.07, 6.45) is 9.57. The number of halogens is 1. The van der Waals surface area contributed by atoms with Crippen molar-refractivity contribution in [2.75, 3.05) is 18.0 Å². The van der Waals surface area contributed by atoms with Gasteiger partial charge in [-0.15, -0.1) is 5.10 Å². The first-order chi connectivity index (χ1) is 21.2. The molecule has 4 bridgehead atoms. The fourth-order valence-corrected chi connectivity index (χ4v) is 5.95. The number of nitrogens with zero attached hydrogens (tertiary/aromatic N) is 10. The molecule has 1 saturated heterocycles. The van der Waals surface area contributed by atoms with Crippen LogP contribution in [0.15, 0.2) is 54.1 Å². The van der Waals surface area contributed by atoms with Crippen molar-refractivity contribution in [3.8, 4) is 17.6 Å². The lowest BCUT2D eigenvalue weighted by atomic mass is 10.0. The van der Waals surface area contributed by atoms with Crippen LogP contribution in [-0.2, 0) is 17.6 Å². The van der Waals surface area contributed by atoms with Gasteiger partial charge in [0.1, 0.15) is 5.82 Å². The number of anilines is 1. The Hall–Kier alpha value is -5.25. The Morgan fingerprint density at radius 1 is 1.23 bits per heavy atom. The Balaban J connectivity index is 1.65. The van der Waals surface area contributed by atoms with E-state index in [9.17, 15) is 14.9 Å². The smallest absolute Gasteiger partial charge is 0.349 e. The second kappa shape index (κ2) is 11.4. The van der Waals surface area contributed by atoms with E-state index in [4.69, 9.17) is 4.98 Å². The van der Waals surface area contributed by atoms with Gasteiger partial charge in [-0.2, -0.15) is 14.9 Å². The van der Waals surface area contributed by atoms with Gasteiger partial charge < -0.3 is 9.80 Å². The molecule has 4 aromatic rings. The monoisotopic (exact) mass is 594 g/mol. The summed E-state index contributed by atoms with van der Waals surface area (Å²) in [5, 5.41) is 18.1. The van der Waals surface area contributed by atoms with E-state index in [2.05, 4.69) is 32.9 Å². The highest BCUT2D eigenvalue weighted by atomic mass is 19.1. The van der Waals surface area contributed by atoms with Crippen molar-refractivity contribution in [2.45, 2.75) is 58.0 Å². The standard InChI is InChI=1S/C31H31FN10O2/c1-5-25(43)40-15-19(4)39(17-22(40)10-12-33)28-23-14-24(32)30-35-29(23)42(31(44)36-28)27-20(11-13-34-26(27)18(2)3)8-6-7-9-21-16-41(30)38-37-21/h5-7,11,13-14,16,18-19,22H,1,8-10,15,17H2,2-4H3/b7-6-. The fraction of sp³-hybridized carbons (Fsp3) is 0.355. The van der Waals surface area contributed by atoms with E-state index in [0.717, 1.165) is 5.56 Å². The topological polar surface area (TPSA) is 139 Å². The second-order valence-electron chi connectivity index (χ2n) is 11.3. The second-order valence-corrected chi connectivity index (χ2v) is 11.3. The van der Waals surface area contributed by atoms with Crippen molar-refractivity contribution in [3.05, 3.63) is 82.6 Å². The minimum atomic E-state index is -0.676. The molecule has 0 spiro atoms. The average Bonchev–Trinajstić information content (AvgIpc) is 3.48. The first-order valence-corrected chi connectivity index (χ1v) is 14.5. The molecule has 0 radical (unpaired) electrons. The number of hydrogen-bond acceptors (Lipinski definition) is 9. The quantitative estimate of drug-likeness (QED) is 0.258. The lowest BCUT2D eigenvalue weighted by molar-refractivity contribution is -0.129. The zero-order chi connectivity index (χ0) is 31.1. The molecule has 6 rings (SSSR count). The van der Waals surface area contributed by atoms with E-state index in [1.807, 2.05) is 43.9 Å². The van der Waals surface area contributed by atoms with E-state index < -0.39 is 17.5 Å². The summed E-state index contributed by atoms with van der Waals surface area (Å²) in [4.78, 5) is 44.2. The minimum Gasteiger partial charge on any atom is -0.349 e. The largest absolute Gasteiger partial charge is 0.355 e. The molecule has 1 amide bonds. The molecule has 13 heteroatoms.